The van der Waals surface area contributed by atoms with Crippen LogP contribution in [0.25, 0.3) is 5.57 Å². The maximum atomic E-state index is 13.1. The monoisotopic (exact) mass is 397 g/mol. The van der Waals surface area contributed by atoms with Crippen LogP contribution < -0.4 is 4.74 Å². The molecular weight excluding hydrogens is 378 g/mol. The highest BCUT2D eigenvalue weighted by Crippen LogP contribution is 2.54. The van der Waals surface area contributed by atoms with Gasteiger partial charge in [-0.05, 0) is 55.5 Å². The van der Waals surface area contributed by atoms with Gasteiger partial charge in [-0.15, -0.1) is 0 Å². The predicted molar refractivity (Wildman–Crippen MR) is 103 cm³/mol. The maximum absolute atomic E-state index is 13.1. The van der Waals surface area contributed by atoms with Gasteiger partial charge in [-0.3, -0.25) is 9.59 Å². The molecular formula is C21H19NO5S. The lowest BCUT2D eigenvalue weighted by molar-refractivity contribution is -0.118. The van der Waals surface area contributed by atoms with Gasteiger partial charge in [0.2, 0.25) is 0 Å². The molecule has 1 unspecified atom stereocenters. The van der Waals surface area contributed by atoms with Crippen molar-refractivity contribution in [1.82, 2.24) is 4.98 Å². The zero-order chi connectivity index (χ0) is 19.6. The average molecular weight is 397 g/mol. The Labute approximate surface area is 165 Å². The van der Waals surface area contributed by atoms with Crippen molar-refractivity contribution in [3.8, 4) is 10.9 Å². The highest BCUT2D eigenvalue weighted by atomic mass is 32.1. The van der Waals surface area contributed by atoms with Crippen LogP contribution in [0.5, 0.6) is 10.9 Å². The van der Waals surface area contributed by atoms with Crippen molar-refractivity contribution in [3.05, 3.63) is 45.7 Å². The number of carbonyl (C=O) groups excluding carboxylic acids is 2. The molecule has 2 aliphatic heterocycles. The van der Waals surface area contributed by atoms with Gasteiger partial charge in [0.1, 0.15) is 11.5 Å². The predicted octanol–water partition coefficient (Wildman–Crippen LogP) is 4.01. The number of benzene rings is 1. The Balaban J connectivity index is 1.51. The molecule has 7 heteroatoms. The number of ether oxygens (including phenoxy) is 2. The Kier molecular flexibility index (Phi) is 3.93. The molecule has 1 aliphatic carbocycles. The number of fused-ring (bicyclic) bond motifs is 5. The molecule has 28 heavy (non-hydrogen) atoms. The van der Waals surface area contributed by atoms with Crippen LogP contribution in [0.2, 0.25) is 0 Å². The zero-order valence-electron chi connectivity index (χ0n) is 15.5. The standard InChI is InChI=1S/C21H19NO5S/c1-9-5-11(26-21-22-7-12(8-23)28-21)6-10(2)15(9)18-19(24)16-13-3-4-14(27-13)17(16)20(18)25/h5-8,13-14,16-17,24H,3-4H2,1-2H3/t13?,14-,16+,17-/m0/s1. The first-order valence-corrected chi connectivity index (χ1v) is 10.1. The van der Waals surface area contributed by atoms with Gasteiger partial charge < -0.3 is 14.6 Å². The van der Waals surface area contributed by atoms with E-state index in [9.17, 15) is 14.7 Å². The lowest BCUT2D eigenvalue weighted by Crippen LogP contribution is -2.29. The zero-order valence-corrected chi connectivity index (χ0v) is 16.3. The number of allylic oxidation sites excluding steroid dienone is 1. The summed E-state index contributed by atoms with van der Waals surface area (Å²) in [6.07, 6.45) is 3.88. The van der Waals surface area contributed by atoms with Crippen molar-refractivity contribution >= 4 is 29.0 Å². The highest BCUT2D eigenvalue weighted by molar-refractivity contribution is 7.15. The Morgan fingerprint density at radius 1 is 1.21 bits per heavy atom. The molecule has 2 bridgehead atoms. The number of hydrogen-bond donors (Lipinski definition) is 1. The van der Waals surface area contributed by atoms with Crippen LogP contribution in [0.1, 0.15) is 39.2 Å². The van der Waals surface area contributed by atoms with E-state index in [1.165, 1.54) is 17.5 Å². The molecule has 2 fully saturated rings. The summed E-state index contributed by atoms with van der Waals surface area (Å²) in [4.78, 5) is 28.5. The van der Waals surface area contributed by atoms with Gasteiger partial charge in [-0.1, -0.05) is 11.3 Å². The molecule has 144 valence electrons. The summed E-state index contributed by atoms with van der Waals surface area (Å²) >= 11 is 1.17. The second-order valence-corrected chi connectivity index (χ2v) is 8.67. The Morgan fingerprint density at radius 3 is 2.50 bits per heavy atom. The summed E-state index contributed by atoms with van der Waals surface area (Å²) < 4.78 is 11.6. The molecule has 0 radical (unpaired) electrons. The van der Waals surface area contributed by atoms with Crippen molar-refractivity contribution in [2.45, 2.75) is 38.9 Å². The molecule has 6 nitrogen and oxygen atoms in total. The number of carbonyl (C=O) groups is 2. The molecule has 4 atom stereocenters. The average Bonchev–Trinajstić information content (AvgIpc) is 3.41. The van der Waals surface area contributed by atoms with Crippen molar-refractivity contribution in [2.75, 3.05) is 0 Å². The quantitative estimate of drug-likeness (QED) is 0.785. The van der Waals surface area contributed by atoms with Crippen LogP contribution in [0.3, 0.4) is 0 Å². The third-order valence-corrected chi connectivity index (χ3v) is 6.77. The van der Waals surface area contributed by atoms with Crippen LogP contribution in [0.4, 0.5) is 0 Å². The van der Waals surface area contributed by atoms with Gasteiger partial charge in [0.15, 0.2) is 12.1 Å². The first-order chi connectivity index (χ1) is 13.5. The summed E-state index contributed by atoms with van der Waals surface area (Å²) in [6.45, 7) is 3.81. The molecule has 3 aliphatic rings. The lowest BCUT2D eigenvalue weighted by Gasteiger charge is -2.19. The third-order valence-electron chi connectivity index (χ3n) is 5.97. The minimum atomic E-state index is -0.249. The van der Waals surface area contributed by atoms with Gasteiger partial charge in [0.25, 0.3) is 5.19 Å². The number of aliphatic hydroxyl groups is 1. The first kappa shape index (κ1) is 17.6. The number of thiazole rings is 1. The number of aldehydes is 1. The summed E-state index contributed by atoms with van der Waals surface area (Å²) in [5, 5.41) is 11.3. The van der Waals surface area contributed by atoms with Crippen LogP contribution >= 0.6 is 11.3 Å². The molecule has 0 amide bonds. The SMILES string of the molecule is Cc1cc(Oc2ncc(C=O)s2)cc(C)c1C1=C(O)[C@@H]2C3CC[C@H](O3)[C@@H]2C1=O. The summed E-state index contributed by atoms with van der Waals surface area (Å²) in [5.41, 5.74) is 2.92. The number of hydrogen-bond acceptors (Lipinski definition) is 7. The fraction of sp³-hybridized carbons (Fsp3) is 0.381. The third kappa shape index (κ3) is 2.46. The molecule has 5 rings (SSSR count). The molecule has 0 spiro atoms. The fourth-order valence-electron chi connectivity index (χ4n) is 4.92. The van der Waals surface area contributed by atoms with Crippen molar-refractivity contribution < 1.29 is 24.2 Å². The summed E-state index contributed by atoms with van der Waals surface area (Å²) in [7, 11) is 0. The van der Waals surface area contributed by atoms with E-state index < -0.39 is 0 Å². The largest absolute Gasteiger partial charge is 0.511 e. The van der Waals surface area contributed by atoms with E-state index in [-0.39, 0.29) is 35.6 Å². The maximum Gasteiger partial charge on any atom is 0.279 e. The fourth-order valence-corrected chi connectivity index (χ4v) is 5.52. The van der Waals surface area contributed by atoms with E-state index in [0.717, 1.165) is 35.8 Å². The minimum absolute atomic E-state index is 0.00915. The number of Topliss-reactive ketones (excluding diaryl/α,β-unsaturated/α-hetero) is 1. The van der Waals surface area contributed by atoms with E-state index in [4.69, 9.17) is 9.47 Å². The molecule has 2 aromatic rings. The number of aryl methyl sites for hydroxylation is 2. The number of aliphatic hydroxyl groups excluding tert-OH is 1. The van der Waals surface area contributed by atoms with Crippen molar-refractivity contribution in [2.24, 2.45) is 11.8 Å². The normalized spacial score (nSPS) is 28.1. The van der Waals surface area contributed by atoms with Crippen LogP contribution in [0, 0.1) is 25.7 Å². The van der Waals surface area contributed by atoms with Crippen molar-refractivity contribution in [1.29, 1.82) is 0 Å². The van der Waals surface area contributed by atoms with E-state index in [1.807, 2.05) is 26.0 Å². The molecule has 1 N–H and O–H groups in total. The Morgan fingerprint density at radius 2 is 1.89 bits per heavy atom. The number of aromatic nitrogens is 1. The summed E-state index contributed by atoms with van der Waals surface area (Å²) in [5.74, 6) is 0.302. The number of ketones is 1. The van der Waals surface area contributed by atoms with Gasteiger partial charge in [-0.2, -0.15) is 0 Å². The molecule has 1 aromatic heterocycles. The van der Waals surface area contributed by atoms with Gasteiger partial charge >= 0.3 is 0 Å². The van der Waals surface area contributed by atoms with Crippen LogP contribution in [0.15, 0.2) is 24.1 Å². The second kappa shape index (κ2) is 6.25. The van der Waals surface area contributed by atoms with Gasteiger partial charge in [0.05, 0.1) is 40.7 Å². The van der Waals surface area contributed by atoms with E-state index in [2.05, 4.69) is 4.98 Å². The molecule has 0 saturated carbocycles. The lowest BCUT2D eigenvalue weighted by atomic mass is 9.80. The van der Waals surface area contributed by atoms with E-state index in [1.54, 1.807) is 0 Å². The molecule has 2 saturated heterocycles. The van der Waals surface area contributed by atoms with E-state index in [0.29, 0.717) is 21.4 Å². The molecule has 1 aromatic carbocycles. The highest BCUT2D eigenvalue weighted by Gasteiger charge is 2.59. The smallest absolute Gasteiger partial charge is 0.279 e. The second-order valence-electron chi connectivity index (χ2n) is 7.65. The Hall–Kier alpha value is -2.51. The number of rotatable bonds is 4. The first-order valence-electron chi connectivity index (χ1n) is 9.31. The van der Waals surface area contributed by atoms with E-state index >= 15 is 0 Å². The van der Waals surface area contributed by atoms with Crippen molar-refractivity contribution in [3.63, 3.8) is 0 Å². The van der Waals surface area contributed by atoms with Gasteiger partial charge in [0, 0.05) is 0 Å². The summed E-state index contributed by atoms with van der Waals surface area (Å²) in [6, 6.07) is 3.66. The number of nitrogens with zero attached hydrogens (tertiary/aromatic N) is 1. The minimum Gasteiger partial charge on any atom is -0.511 e. The molecule has 3 heterocycles. The van der Waals surface area contributed by atoms with Gasteiger partial charge in [-0.25, -0.2) is 4.98 Å². The van der Waals surface area contributed by atoms with Crippen LogP contribution in [-0.2, 0) is 9.53 Å². The van der Waals surface area contributed by atoms with Crippen LogP contribution in [-0.4, -0.2) is 34.4 Å². The topological polar surface area (TPSA) is 85.7 Å². The Bertz CT molecular complexity index is 1020.